The number of thiophene rings is 1. The summed E-state index contributed by atoms with van der Waals surface area (Å²) in [6.07, 6.45) is -3.80. The highest BCUT2D eigenvalue weighted by atomic mass is 79.9. The van der Waals surface area contributed by atoms with Gasteiger partial charge in [0.15, 0.2) is 0 Å². The summed E-state index contributed by atoms with van der Waals surface area (Å²) >= 11 is 8.33. The van der Waals surface area contributed by atoms with Gasteiger partial charge in [-0.15, -0.1) is 11.3 Å². The highest BCUT2D eigenvalue weighted by Crippen LogP contribution is 2.36. The third-order valence-corrected chi connectivity index (χ3v) is 6.30. The van der Waals surface area contributed by atoms with Crippen LogP contribution in [-0.4, -0.2) is 0 Å². The maximum atomic E-state index is 12.5. The number of nitrogens with two attached hydrogens (primary N) is 1. The maximum Gasteiger partial charge on any atom is 0.416 e. The molecular formula is C13H11Br2F3N2S. The van der Waals surface area contributed by atoms with Crippen molar-refractivity contribution in [3.63, 3.8) is 0 Å². The summed E-state index contributed by atoms with van der Waals surface area (Å²) in [5, 5.41) is 0. The largest absolute Gasteiger partial charge is 0.416 e. The summed E-state index contributed by atoms with van der Waals surface area (Å²) in [4.78, 5) is 0.996. The van der Waals surface area contributed by atoms with Gasteiger partial charge in [-0.2, -0.15) is 13.2 Å². The number of hydrazine groups is 1. The Hall–Kier alpha value is -0.410. The average molecular weight is 444 g/mol. The molecule has 2 rings (SSSR count). The molecule has 2 nitrogen and oxygen atoms in total. The normalized spacial score (nSPS) is 13.4. The van der Waals surface area contributed by atoms with Gasteiger partial charge in [-0.1, -0.05) is 12.1 Å². The van der Waals surface area contributed by atoms with Gasteiger partial charge in [0.2, 0.25) is 0 Å². The van der Waals surface area contributed by atoms with E-state index in [9.17, 15) is 13.2 Å². The molecule has 0 aliphatic rings. The van der Waals surface area contributed by atoms with E-state index in [0.29, 0.717) is 6.42 Å². The van der Waals surface area contributed by atoms with Crippen LogP contribution in [0.15, 0.2) is 38.6 Å². The first-order chi connectivity index (χ1) is 9.81. The second-order valence-corrected chi connectivity index (χ2v) is 7.64. The molecule has 0 saturated carbocycles. The van der Waals surface area contributed by atoms with Gasteiger partial charge in [-0.25, -0.2) is 0 Å². The van der Waals surface area contributed by atoms with Crippen LogP contribution in [0.1, 0.15) is 22.0 Å². The Labute approximate surface area is 140 Å². The molecule has 0 aliphatic carbocycles. The lowest BCUT2D eigenvalue weighted by atomic mass is 10.0. The summed E-state index contributed by atoms with van der Waals surface area (Å²) in [5.41, 5.74) is 2.83. The Balaban J connectivity index is 2.15. The van der Waals surface area contributed by atoms with Gasteiger partial charge in [0.25, 0.3) is 0 Å². The first-order valence-corrected chi connectivity index (χ1v) is 8.28. The molecule has 0 saturated heterocycles. The molecule has 2 aromatic rings. The Bertz CT molecular complexity index is 591. The van der Waals surface area contributed by atoms with Crippen LogP contribution in [0, 0.1) is 0 Å². The predicted octanol–water partition coefficient (Wildman–Crippen LogP) is 5.04. The van der Waals surface area contributed by atoms with E-state index in [-0.39, 0.29) is 6.04 Å². The Morgan fingerprint density at radius 2 is 1.81 bits per heavy atom. The van der Waals surface area contributed by atoms with Crippen molar-refractivity contribution >= 4 is 43.2 Å². The van der Waals surface area contributed by atoms with Gasteiger partial charge >= 0.3 is 6.18 Å². The minimum Gasteiger partial charge on any atom is -0.271 e. The van der Waals surface area contributed by atoms with Gasteiger partial charge < -0.3 is 0 Å². The summed E-state index contributed by atoms with van der Waals surface area (Å²) in [6, 6.07) is 6.90. The molecular weight excluding hydrogens is 433 g/mol. The first kappa shape index (κ1) is 17.0. The lowest BCUT2D eigenvalue weighted by Gasteiger charge is -2.15. The standard InChI is InChI=1S/C13H11Br2F3N2S/c14-9-6-11(21-12(9)15)10(20-19)5-7-1-3-8(4-2-7)13(16,17)18/h1-4,6,10,20H,5,19H2. The fourth-order valence-electron chi connectivity index (χ4n) is 1.84. The van der Waals surface area contributed by atoms with E-state index in [0.717, 1.165) is 30.8 Å². The van der Waals surface area contributed by atoms with Crippen LogP contribution in [0.4, 0.5) is 13.2 Å². The predicted molar refractivity (Wildman–Crippen MR) is 84.9 cm³/mol. The second-order valence-electron chi connectivity index (χ2n) is 4.39. The third-order valence-electron chi connectivity index (χ3n) is 2.93. The maximum absolute atomic E-state index is 12.5. The van der Waals surface area contributed by atoms with Crippen molar-refractivity contribution < 1.29 is 13.2 Å². The Kier molecular flexibility index (Phi) is 5.48. The zero-order chi connectivity index (χ0) is 15.6. The quantitative estimate of drug-likeness (QED) is 0.513. The summed E-state index contributed by atoms with van der Waals surface area (Å²) < 4.78 is 39.4. The molecule has 0 spiro atoms. The van der Waals surface area contributed by atoms with Crippen molar-refractivity contribution in [3.8, 4) is 0 Å². The molecule has 3 N–H and O–H groups in total. The van der Waals surface area contributed by atoms with Gasteiger partial charge in [0, 0.05) is 9.35 Å². The molecule has 0 fully saturated rings. The van der Waals surface area contributed by atoms with E-state index < -0.39 is 11.7 Å². The number of hydrogen-bond donors (Lipinski definition) is 2. The number of alkyl halides is 3. The smallest absolute Gasteiger partial charge is 0.271 e. The van der Waals surface area contributed by atoms with Gasteiger partial charge in [0.05, 0.1) is 15.4 Å². The lowest BCUT2D eigenvalue weighted by molar-refractivity contribution is -0.137. The molecule has 1 unspecified atom stereocenters. The van der Waals surface area contributed by atoms with Crippen LogP contribution in [0.2, 0.25) is 0 Å². The highest BCUT2D eigenvalue weighted by molar-refractivity contribution is 9.13. The van der Waals surface area contributed by atoms with Crippen molar-refractivity contribution in [2.75, 3.05) is 0 Å². The molecule has 0 radical (unpaired) electrons. The monoisotopic (exact) mass is 442 g/mol. The van der Waals surface area contributed by atoms with Crippen molar-refractivity contribution in [2.24, 2.45) is 5.84 Å². The molecule has 0 bridgehead atoms. The van der Waals surface area contributed by atoms with Crippen molar-refractivity contribution in [3.05, 3.63) is 54.6 Å². The summed E-state index contributed by atoms with van der Waals surface area (Å²) in [5.74, 6) is 5.56. The second kappa shape index (κ2) is 6.78. The van der Waals surface area contributed by atoms with Crippen molar-refractivity contribution in [1.29, 1.82) is 0 Å². The molecule has 0 amide bonds. The van der Waals surface area contributed by atoms with Crippen LogP contribution < -0.4 is 11.3 Å². The molecule has 8 heteroatoms. The number of halogens is 5. The Morgan fingerprint density at radius 3 is 2.24 bits per heavy atom. The van der Waals surface area contributed by atoms with Crippen LogP contribution in [0.5, 0.6) is 0 Å². The van der Waals surface area contributed by atoms with E-state index >= 15 is 0 Å². The summed E-state index contributed by atoms with van der Waals surface area (Å²) in [7, 11) is 0. The van der Waals surface area contributed by atoms with Gasteiger partial charge in [0.1, 0.15) is 0 Å². The molecule has 1 atom stereocenters. The molecule has 1 aromatic carbocycles. The fourth-order valence-corrected chi connectivity index (χ4v) is 3.99. The zero-order valence-corrected chi connectivity index (χ0v) is 14.5. The SMILES string of the molecule is NNC(Cc1ccc(C(F)(F)F)cc1)c1cc(Br)c(Br)s1. The number of benzene rings is 1. The van der Waals surface area contributed by atoms with E-state index in [2.05, 4.69) is 37.3 Å². The Morgan fingerprint density at radius 1 is 1.19 bits per heavy atom. The van der Waals surface area contributed by atoms with E-state index in [1.54, 1.807) is 0 Å². The zero-order valence-electron chi connectivity index (χ0n) is 10.5. The van der Waals surface area contributed by atoms with Crippen LogP contribution in [0.25, 0.3) is 0 Å². The minimum atomic E-state index is -4.31. The minimum absolute atomic E-state index is 0.158. The molecule has 0 aliphatic heterocycles. The van der Waals surface area contributed by atoms with Crippen molar-refractivity contribution in [1.82, 2.24) is 5.43 Å². The molecule has 114 valence electrons. The number of hydrogen-bond acceptors (Lipinski definition) is 3. The van der Waals surface area contributed by atoms with Crippen molar-refractivity contribution in [2.45, 2.75) is 18.6 Å². The first-order valence-electron chi connectivity index (χ1n) is 5.88. The topological polar surface area (TPSA) is 38.0 Å². The van der Waals surface area contributed by atoms with Gasteiger partial charge in [-0.05, 0) is 62.0 Å². The molecule has 21 heavy (non-hydrogen) atoms. The van der Waals surface area contributed by atoms with Crippen LogP contribution in [-0.2, 0) is 12.6 Å². The van der Waals surface area contributed by atoms with E-state index in [4.69, 9.17) is 5.84 Å². The number of nitrogens with one attached hydrogen (secondary N) is 1. The van der Waals surface area contributed by atoms with E-state index in [1.807, 2.05) is 6.07 Å². The highest BCUT2D eigenvalue weighted by Gasteiger charge is 2.30. The third kappa shape index (κ3) is 4.29. The molecule has 1 heterocycles. The van der Waals surface area contributed by atoms with E-state index in [1.165, 1.54) is 23.5 Å². The lowest BCUT2D eigenvalue weighted by Crippen LogP contribution is -2.28. The van der Waals surface area contributed by atoms with Crippen LogP contribution in [0.3, 0.4) is 0 Å². The number of rotatable bonds is 4. The average Bonchev–Trinajstić information content (AvgIpc) is 2.75. The molecule has 1 aromatic heterocycles. The van der Waals surface area contributed by atoms with Crippen LogP contribution >= 0.6 is 43.2 Å². The van der Waals surface area contributed by atoms with Gasteiger partial charge in [-0.3, -0.25) is 11.3 Å². The fraction of sp³-hybridized carbons (Fsp3) is 0.231. The summed E-state index contributed by atoms with van der Waals surface area (Å²) in [6.45, 7) is 0.